The summed E-state index contributed by atoms with van der Waals surface area (Å²) in [5, 5.41) is 0. The van der Waals surface area contributed by atoms with E-state index in [9.17, 15) is 0 Å². The molecule has 6 heteroatoms. The third-order valence-corrected chi connectivity index (χ3v) is 0. The molecule has 0 aliphatic carbocycles. The fourth-order valence-electron chi connectivity index (χ4n) is 0. The molecule has 0 aromatic rings. The van der Waals surface area contributed by atoms with Crippen molar-refractivity contribution < 1.29 is 13.3 Å². The van der Waals surface area contributed by atoms with Gasteiger partial charge in [-0.1, -0.05) is 0 Å². The first kappa shape index (κ1) is 15.8. The first-order valence-electron chi connectivity index (χ1n) is 0.532. The summed E-state index contributed by atoms with van der Waals surface area (Å²) < 4.78 is 22.8. The summed E-state index contributed by atoms with van der Waals surface area (Å²) in [7, 11) is 0. The Kier molecular flexibility index (Phi) is 27.8. The maximum absolute atomic E-state index is 8.67. The van der Waals surface area contributed by atoms with Crippen LogP contribution in [-0.4, -0.2) is 88.8 Å². The standard InChI is InChI=1S/2Ca.H2O3S.4H/c;;1-4(2)3;;;;/h;;(H2,1,2,3);;;;. The SMILES string of the molecule is O=S(O)O.[CaH2].[CaH2]. The zero-order valence-electron chi connectivity index (χ0n) is 1.71. The molecule has 0 fully saturated rings. The van der Waals surface area contributed by atoms with E-state index < -0.39 is 11.4 Å². The Morgan fingerprint density at radius 3 is 1.17 bits per heavy atom. The molecule has 0 bridgehead atoms. The summed E-state index contributed by atoms with van der Waals surface area (Å²) in [4.78, 5) is 0. The van der Waals surface area contributed by atoms with Crippen molar-refractivity contribution in [2.24, 2.45) is 0 Å². The van der Waals surface area contributed by atoms with Crippen molar-refractivity contribution >= 4 is 86.8 Å². The maximum atomic E-state index is 8.67. The molecule has 0 unspecified atom stereocenters. The van der Waals surface area contributed by atoms with Gasteiger partial charge in [0.25, 0.3) is 11.4 Å². The zero-order valence-corrected chi connectivity index (χ0v) is 2.53. The fraction of sp³-hybridized carbons (Fsp3) is 0. The molecular formula is H6Ca2O3S. The van der Waals surface area contributed by atoms with Crippen molar-refractivity contribution in [1.29, 1.82) is 0 Å². The van der Waals surface area contributed by atoms with Crippen LogP contribution in [0, 0.1) is 0 Å². The minimum atomic E-state index is -2.61. The molecule has 0 radical (unpaired) electrons. The summed E-state index contributed by atoms with van der Waals surface area (Å²) in [5.41, 5.74) is 0. The van der Waals surface area contributed by atoms with Crippen molar-refractivity contribution in [3.05, 3.63) is 0 Å². The van der Waals surface area contributed by atoms with Crippen LogP contribution in [0.3, 0.4) is 0 Å². The molecular weight excluding hydrogens is 160 g/mol. The normalized spacial score (nSPS) is 5.83. The molecule has 34 valence electrons. The molecule has 0 aromatic heterocycles. The predicted molar refractivity (Wildman–Crippen MR) is 30.5 cm³/mol. The van der Waals surface area contributed by atoms with E-state index in [4.69, 9.17) is 13.3 Å². The van der Waals surface area contributed by atoms with E-state index >= 15 is 0 Å². The Labute approximate surface area is 98.0 Å². The van der Waals surface area contributed by atoms with E-state index in [0.29, 0.717) is 0 Å². The van der Waals surface area contributed by atoms with Gasteiger partial charge in [-0.15, -0.1) is 0 Å². The Morgan fingerprint density at radius 1 is 1.17 bits per heavy atom. The van der Waals surface area contributed by atoms with Crippen molar-refractivity contribution in [2.75, 3.05) is 0 Å². The van der Waals surface area contributed by atoms with E-state index in [2.05, 4.69) is 0 Å². The Morgan fingerprint density at radius 2 is 1.17 bits per heavy atom. The monoisotopic (exact) mass is 166 g/mol. The molecule has 0 heterocycles. The quantitative estimate of drug-likeness (QED) is 0.319. The molecule has 0 aliphatic heterocycles. The summed E-state index contributed by atoms with van der Waals surface area (Å²) in [6.45, 7) is 0. The van der Waals surface area contributed by atoms with Crippen LogP contribution >= 0.6 is 0 Å². The number of rotatable bonds is 0. The van der Waals surface area contributed by atoms with Crippen LogP contribution in [0.1, 0.15) is 0 Å². The van der Waals surface area contributed by atoms with E-state index in [1.165, 1.54) is 0 Å². The molecule has 0 spiro atoms. The molecule has 6 heavy (non-hydrogen) atoms. The van der Waals surface area contributed by atoms with Gasteiger partial charge in [-0.05, 0) is 0 Å². The van der Waals surface area contributed by atoms with E-state index in [1.54, 1.807) is 0 Å². The van der Waals surface area contributed by atoms with Gasteiger partial charge >= 0.3 is 75.5 Å². The van der Waals surface area contributed by atoms with Gasteiger partial charge in [-0.2, -0.15) is 4.21 Å². The van der Waals surface area contributed by atoms with Crippen molar-refractivity contribution in [3.63, 3.8) is 0 Å². The molecule has 0 rings (SSSR count). The van der Waals surface area contributed by atoms with Crippen LogP contribution in [0.25, 0.3) is 0 Å². The zero-order chi connectivity index (χ0) is 3.58. The molecule has 3 nitrogen and oxygen atoms in total. The third-order valence-electron chi connectivity index (χ3n) is 0. The Balaban J connectivity index is -0.0000000450. The van der Waals surface area contributed by atoms with Crippen LogP contribution in [0.15, 0.2) is 0 Å². The van der Waals surface area contributed by atoms with Crippen molar-refractivity contribution in [1.82, 2.24) is 0 Å². The molecule has 0 aliphatic rings. The van der Waals surface area contributed by atoms with Gasteiger partial charge in [-0.25, -0.2) is 0 Å². The van der Waals surface area contributed by atoms with Gasteiger partial charge in [0, 0.05) is 0 Å². The average Bonchev–Trinajstić information content (AvgIpc) is 0.811. The minimum absolute atomic E-state index is 0. The van der Waals surface area contributed by atoms with Gasteiger partial charge in [0.1, 0.15) is 0 Å². The van der Waals surface area contributed by atoms with Crippen LogP contribution in [0.4, 0.5) is 0 Å². The summed E-state index contributed by atoms with van der Waals surface area (Å²) in [6.07, 6.45) is 0. The second-order valence-corrected chi connectivity index (χ2v) is 0.692. The first-order chi connectivity index (χ1) is 1.73. The van der Waals surface area contributed by atoms with Crippen molar-refractivity contribution in [2.45, 2.75) is 0 Å². The Bertz CT molecular complexity index is 31.8. The molecule has 0 amide bonds. The van der Waals surface area contributed by atoms with Gasteiger partial charge in [0.05, 0.1) is 0 Å². The Hall–Kier alpha value is 2.59. The topological polar surface area (TPSA) is 57.5 Å². The van der Waals surface area contributed by atoms with Gasteiger partial charge in [0.15, 0.2) is 0 Å². The number of hydrogen-bond acceptors (Lipinski definition) is 1. The van der Waals surface area contributed by atoms with Gasteiger partial charge < -0.3 is 0 Å². The molecule has 0 atom stereocenters. The van der Waals surface area contributed by atoms with E-state index in [1.807, 2.05) is 0 Å². The van der Waals surface area contributed by atoms with Crippen LogP contribution < -0.4 is 0 Å². The predicted octanol–water partition coefficient (Wildman–Crippen LogP) is -2.15. The molecule has 0 aromatic carbocycles. The molecule has 2 N–H and O–H groups in total. The first-order valence-corrected chi connectivity index (χ1v) is 1.60. The number of hydrogen-bond donors (Lipinski definition) is 2. The average molecular weight is 166 g/mol. The van der Waals surface area contributed by atoms with Crippen LogP contribution in [-0.2, 0) is 11.4 Å². The third kappa shape index (κ3) is 30.7. The van der Waals surface area contributed by atoms with Crippen LogP contribution in [0.2, 0.25) is 0 Å². The molecule has 0 saturated heterocycles. The summed E-state index contributed by atoms with van der Waals surface area (Å²) in [5.74, 6) is 0. The van der Waals surface area contributed by atoms with Crippen molar-refractivity contribution in [3.8, 4) is 0 Å². The summed E-state index contributed by atoms with van der Waals surface area (Å²) in [6, 6.07) is 0. The molecule has 0 saturated carbocycles. The second-order valence-electron chi connectivity index (χ2n) is 0.231. The van der Waals surface area contributed by atoms with Gasteiger partial charge in [0.2, 0.25) is 0 Å². The van der Waals surface area contributed by atoms with Crippen LogP contribution in [0.5, 0.6) is 0 Å². The summed E-state index contributed by atoms with van der Waals surface area (Å²) >= 11 is -2.61. The second kappa shape index (κ2) is 10.5. The van der Waals surface area contributed by atoms with E-state index in [0.717, 1.165) is 0 Å². The van der Waals surface area contributed by atoms with E-state index in [-0.39, 0.29) is 75.5 Å². The van der Waals surface area contributed by atoms with Gasteiger partial charge in [-0.3, -0.25) is 9.11 Å². The fourth-order valence-corrected chi connectivity index (χ4v) is 0.